The molecular weight excluding hydrogens is 398 g/mol. The highest BCUT2D eigenvalue weighted by Crippen LogP contribution is 2.36. The van der Waals surface area contributed by atoms with Gasteiger partial charge in [-0.25, -0.2) is 4.79 Å². The lowest BCUT2D eigenvalue weighted by atomic mass is 10.2. The molecule has 156 valence electrons. The smallest absolute Gasteiger partial charge is 0.339 e. The Morgan fingerprint density at radius 1 is 1.07 bits per heavy atom. The minimum Gasteiger partial charge on any atom is -0.493 e. The van der Waals surface area contributed by atoms with Gasteiger partial charge in [-0.1, -0.05) is 23.7 Å². The second kappa shape index (κ2) is 10.6. The molecule has 7 nitrogen and oxygen atoms in total. The first-order valence-electron chi connectivity index (χ1n) is 9.15. The Morgan fingerprint density at radius 2 is 1.76 bits per heavy atom. The molecule has 0 aliphatic carbocycles. The standard InChI is InChI=1S/C21H24ClNO6/c1-5-27-17-10-8-7-9-16(17)23-20(24)13(3)29-21(25)14-11-15(22)19(28-6-2)18(12-14)26-4/h7-13H,5-6H2,1-4H3,(H,23,24). The van der Waals surface area contributed by atoms with Crippen molar-refractivity contribution < 1.29 is 28.5 Å². The van der Waals surface area contributed by atoms with Gasteiger partial charge in [-0.3, -0.25) is 4.79 Å². The molecule has 0 saturated carbocycles. The molecule has 0 radical (unpaired) electrons. The maximum Gasteiger partial charge on any atom is 0.339 e. The van der Waals surface area contributed by atoms with Crippen LogP contribution in [0.4, 0.5) is 5.69 Å². The van der Waals surface area contributed by atoms with E-state index >= 15 is 0 Å². The molecule has 0 aromatic heterocycles. The molecule has 0 spiro atoms. The highest BCUT2D eigenvalue weighted by atomic mass is 35.5. The summed E-state index contributed by atoms with van der Waals surface area (Å²) >= 11 is 6.18. The van der Waals surface area contributed by atoms with Gasteiger partial charge in [-0.05, 0) is 45.0 Å². The number of rotatable bonds is 9. The molecule has 0 fully saturated rings. The second-order valence-corrected chi connectivity index (χ2v) is 6.30. The summed E-state index contributed by atoms with van der Waals surface area (Å²) in [6, 6.07) is 9.87. The third kappa shape index (κ3) is 5.77. The van der Waals surface area contributed by atoms with Crippen molar-refractivity contribution in [2.75, 3.05) is 25.6 Å². The quantitative estimate of drug-likeness (QED) is 0.607. The zero-order valence-corrected chi connectivity index (χ0v) is 17.5. The van der Waals surface area contributed by atoms with Crippen molar-refractivity contribution in [1.29, 1.82) is 0 Å². The Balaban J connectivity index is 2.10. The van der Waals surface area contributed by atoms with Gasteiger partial charge in [0, 0.05) is 0 Å². The Bertz CT molecular complexity index is 870. The van der Waals surface area contributed by atoms with Gasteiger partial charge in [0.05, 0.1) is 36.6 Å². The molecule has 0 aliphatic heterocycles. The number of halogens is 1. The number of anilines is 1. The molecule has 0 saturated heterocycles. The van der Waals surface area contributed by atoms with Crippen LogP contribution in [0.1, 0.15) is 31.1 Å². The van der Waals surface area contributed by atoms with E-state index < -0.39 is 18.0 Å². The highest BCUT2D eigenvalue weighted by Gasteiger charge is 2.22. The van der Waals surface area contributed by atoms with E-state index in [9.17, 15) is 9.59 Å². The second-order valence-electron chi connectivity index (χ2n) is 5.89. The molecule has 1 amide bonds. The number of ether oxygens (including phenoxy) is 4. The number of methoxy groups -OCH3 is 1. The summed E-state index contributed by atoms with van der Waals surface area (Å²) in [6.45, 7) is 5.98. The first-order valence-corrected chi connectivity index (χ1v) is 9.53. The first-order chi connectivity index (χ1) is 13.9. The number of para-hydroxylation sites is 2. The summed E-state index contributed by atoms with van der Waals surface area (Å²) in [5.74, 6) is -0.0333. The van der Waals surface area contributed by atoms with Gasteiger partial charge >= 0.3 is 5.97 Å². The van der Waals surface area contributed by atoms with Crippen LogP contribution in [0.2, 0.25) is 5.02 Å². The van der Waals surface area contributed by atoms with Crippen LogP contribution < -0.4 is 19.5 Å². The van der Waals surface area contributed by atoms with E-state index in [1.54, 1.807) is 24.3 Å². The normalized spacial score (nSPS) is 11.3. The SMILES string of the molecule is CCOc1ccccc1NC(=O)C(C)OC(=O)c1cc(Cl)c(OCC)c(OC)c1. The van der Waals surface area contributed by atoms with Gasteiger partial charge in [0.2, 0.25) is 0 Å². The van der Waals surface area contributed by atoms with E-state index in [1.165, 1.54) is 26.2 Å². The van der Waals surface area contributed by atoms with E-state index in [1.807, 2.05) is 13.8 Å². The zero-order valence-electron chi connectivity index (χ0n) is 16.8. The van der Waals surface area contributed by atoms with Gasteiger partial charge < -0.3 is 24.3 Å². The van der Waals surface area contributed by atoms with Crippen LogP contribution in [0, 0.1) is 0 Å². The molecule has 1 atom stereocenters. The molecule has 0 aliphatic rings. The van der Waals surface area contributed by atoms with Crippen molar-refractivity contribution in [2.24, 2.45) is 0 Å². The van der Waals surface area contributed by atoms with Crippen LogP contribution in [0.15, 0.2) is 36.4 Å². The van der Waals surface area contributed by atoms with Crippen LogP contribution in [0.5, 0.6) is 17.2 Å². The highest BCUT2D eigenvalue weighted by molar-refractivity contribution is 6.32. The molecule has 2 aromatic carbocycles. The average molecular weight is 422 g/mol. The lowest BCUT2D eigenvalue weighted by Crippen LogP contribution is -2.30. The molecule has 1 unspecified atom stereocenters. The molecule has 0 heterocycles. The summed E-state index contributed by atoms with van der Waals surface area (Å²) in [4.78, 5) is 24.9. The van der Waals surface area contributed by atoms with Gasteiger partial charge in [0.25, 0.3) is 5.91 Å². The molecule has 2 aromatic rings. The van der Waals surface area contributed by atoms with Crippen LogP contribution in [0.3, 0.4) is 0 Å². The zero-order chi connectivity index (χ0) is 21.4. The lowest BCUT2D eigenvalue weighted by Gasteiger charge is -2.16. The Kier molecular flexibility index (Phi) is 8.15. The fourth-order valence-corrected chi connectivity index (χ4v) is 2.76. The largest absolute Gasteiger partial charge is 0.493 e. The van der Waals surface area contributed by atoms with Crippen molar-refractivity contribution in [3.05, 3.63) is 47.0 Å². The van der Waals surface area contributed by atoms with Crippen LogP contribution in [0.25, 0.3) is 0 Å². The maximum absolute atomic E-state index is 12.5. The van der Waals surface area contributed by atoms with Gasteiger partial charge in [0.1, 0.15) is 5.75 Å². The van der Waals surface area contributed by atoms with Crippen molar-refractivity contribution in [3.63, 3.8) is 0 Å². The topological polar surface area (TPSA) is 83.1 Å². The molecule has 29 heavy (non-hydrogen) atoms. The van der Waals surface area contributed by atoms with Gasteiger partial charge in [-0.15, -0.1) is 0 Å². The Labute approximate surface area is 174 Å². The fraction of sp³-hybridized carbons (Fsp3) is 0.333. The van der Waals surface area contributed by atoms with Crippen LogP contribution >= 0.6 is 11.6 Å². The average Bonchev–Trinajstić information content (AvgIpc) is 2.70. The van der Waals surface area contributed by atoms with Crippen molar-refractivity contribution >= 4 is 29.2 Å². The van der Waals surface area contributed by atoms with E-state index in [0.29, 0.717) is 36.1 Å². The number of carbonyl (C=O) groups excluding carboxylic acids is 2. The molecule has 2 rings (SSSR count). The number of carbonyl (C=O) groups is 2. The maximum atomic E-state index is 12.5. The Hall–Kier alpha value is -2.93. The van der Waals surface area contributed by atoms with E-state index in [2.05, 4.69) is 5.32 Å². The number of esters is 1. The van der Waals surface area contributed by atoms with Crippen molar-refractivity contribution in [2.45, 2.75) is 26.9 Å². The molecular formula is C21H24ClNO6. The van der Waals surface area contributed by atoms with E-state index in [-0.39, 0.29) is 10.6 Å². The predicted octanol–water partition coefficient (Wildman–Crippen LogP) is 4.33. The van der Waals surface area contributed by atoms with Crippen molar-refractivity contribution in [1.82, 2.24) is 0 Å². The number of hydrogen-bond acceptors (Lipinski definition) is 6. The van der Waals surface area contributed by atoms with Gasteiger partial charge in [-0.2, -0.15) is 0 Å². The Morgan fingerprint density at radius 3 is 2.41 bits per heavy atom. The lowest BCUT2D eigenvalue weighted by molar-refractivity contribution is -0.123. The summed E-state index contributed by atoms with van der Waals surface area (Å²) in [6.07, 6.45) is -1.05. The van der Waals surface area contributed by atoms with Crippen LogP contribution in [-0.4, -0.2) is 38.3 Å². The molecule has 0 bridgehead atoms. The number of nitrogens with one attached hydrogen (secondary N) is 1. The monoisotopic (exact) mass is 421 g/mol. The first kappa shape index (κ1) is 22.4. The van der Waals surface area contributed by atoms with Crippen LogP contribution in [-0.2, 0) is 9.53 Å². The summed E-state index contributed by atoms with van der Waals surface area (Å²) in [5.41, 5.74) is 0.637. The minimum absolute atomic E-state index is 0.143. The number of benzene rings is 2. The molecule has 1 N–H and O–H groups in total. The summed E-state index contributed by atoms with van der Waals surface area (Å²) in [7, 11) is 1.44. The third-order valence-corrected chi connectivity index (χ3v) is 4.13. The predicted molar refractivity (Wildman–Crippen MR) is 110 cm³/mol. The van der Waals surface area contributed by atoms with Gasteiger partial charge in [0.15, 0.2) is 17.6 Å². The third-order valence-electron chi connectivity index (χ3n) is 3.85. The number of hydrogen-bond donors (Lipinski definition) is 1. The summed E-state index contributed by atoms with van der Waals surface area (Å²) in [5, 5.41) is 2.91. The minimum atomic E-state index is -1.05. The fourth-order valence-electron chi connectivity index (χ4n) is 2.49. The molecule has 8 heteroatoms. The summed E-state index contributed by atoms with van der Waals surface area (Å²) < 4.78 is 21.4. The van der Waals surface area contributed by atoms with E-state index in [0.717, 1.165) is 0 Å². The number of amides is 1. The van der Waals surface area contributed by atoms with Crippen molar-refractivity contribution in [3.8, 4) is 17.2 Å². The van der Waals surface area contributed by atoms with E-state index in [4.69, 9.17) is 30.5 Å².